The first kappa shape index (κ1) is 18.1. The Kier molecular flexibility index (Phi) is 5.25. The molecule has 1 aliphatic heterocycles. The van der Waals surface area contributed by atoms with Gasteiger partial charge in [-0.15, -0.1) is 0 Å². The molecular formula is C21H22N4O3. The maximum Gasteiger partial charge on any atom is 0.319 e. The summed E-state index contributed by atoms with van der Waals surface area (Å²) in [5, 5.41) is 5.66. The Morgan fingerprint density at radius 1 is 1.21 bits per heavy atom. The number of hydrogen-bond donors (Lipinski definition) is 2. The zero-order chi connectivity index (χ0) is 19.3. The molecule has 0 saturated carbocycles. The largest absolute Gasteiger partial charge is 0.496 e. The minimum absolute atomic E-state index is 0.117. The summed E-state index contributed by atoms with van der Waals surface area (Å²) in [5.41, 5.74) is 2.55. The third-order valence-electron chi connectivity index (χ3n) is 4.61. The van der Waals surface area contributed by atoms with E-state index in [1.807, 2.05) is 60.8 Å². The van der Waals surface area contributed by atoms with Crippen LogP contribution in [0.4, 0.5) is 10.5 Å². The highest BCUT2D eigenvalue weighted by Crippen LogP contribution is 2.30. The van der Waals surface area contributed by atoms with E-state index in [9.17, 15) is 4.79 Å². The van der Waals surface area contributed by atoms with Crippen LogP contribution in [0.25, 0.3) is 11.3 Å². The highest BCUT2D eigenvalue weighted by Gasteiger charge is 2.22. The molecule has 2 heterocycles. The Morgan fingerprint density at radius 2 is 2.00 bits per heavy atom. The molecule has 1 aliphatic rings. The second kappa shape index (κ2) is 8.14. The van der Waals surface area contributed by atoms with Crippen molar-refractivity contribution in [1.29, 1.82) is 0 Å². The monoisotopic (exact) mass is 378 g/mol. The fourth-order valence-electron chi connectivity index (χ4n) is 3.20. The third kappa shape index (κ3) is 3.99. The van der Waals surface area contributed by atoms with Crippen LogP contribution in [0.5, 0.6) is 5.75 Å². The predicted molar refractivity (Wildman–Crippen MR) is 106 cm³/mol. The van der Waals surface area contributed by atoms with Crippen LogP contribution >= 0.6 is 0 Å². The molecule has 28 heavy (non-hydrogen) atoms. The van der Waals surface area contributed by atoms with Gasteiger partial charge in [0, 0.05) is 24.0 Å². The summed E-state index contributed by atoms with van der Waals surface area (Å²) >= 11 is 0. The van der Waals surface area contributed by atoms with Crippen molar-refractivity contribution in [2.24, 2.45) is 0 Å². The number of benzene rings is 2. The summed E-state index contributed by atoms with van der Waals surface area (Å²) in [6.45, 7) is 1.45. The van der Waals surface area contributed by atoms with Crippen LogP contribution in [-0.4, -0.2) is 35.3 Å². The van der Waals surface area contributed by atoms with Crippen molar-refractivity contribution >= 4 is 11.7 Å². The van der Waals surface area contributed by atoms with Crippen LogP contribution in [0, 0.1) is 0 Å². The number of nitrogens with one attached hydrogen (secondary N) is 2. The van der Waals surface area contributed by atoms with E-state index in [1.54, 1.807) is 7.11 Å². The van der Waals surface area contributed by atoms with Gasteiger partial charge in [-0.1, -0.05) is 30.3 Å². The molecule has 2 N–H and O–H groups in total. The summed E-state index contributed by atoms with van der Waals surface area (Å²) in [6.07, 6.45) is 1.89. The molecule has 7 heteroatoms. The van der Waals surface area contributed by atoms with Crippen molar-refractivity contribution in [3.8, 4) is 17.0 Å². The SMILES string of the molecule is COc1ccccc1-c1cn2c(n1)CO[C@@H](CNC(=O)Nc1ccccc1)C2. The molecule has 0 radical (unpaired) electrons. The summed E-state index contributed by atoms with van der Waals surface area (Å²) < 4.78 is 13.4. The fraction of sp³-hybridized carbons (Fsp3) is 0.238. The molecule has 7 nitrogen and oxygen atoms in total. The van der Waals surface area contributed by atoms with E-state index in [1.165, 1.54) is 0 Å². The molecule has 3 aromatic rings. The number of ether oxygens (including phenoxy) is 2. The number of rotatable bonds is 5. The van der Waals surface area contributed by atoms with E-state index in [0.29, 0.717) is 19.7 Å². The Bertz CT molecular complexity index is 955. The third-order valence-corrected chi connectivity index (χ3v) is 4.61. The number of hydrogen-bond acceptors (Lipinski definition) is 4. The van der Waals surface area contributed by atoms with Crippen LogP contribution in [-0.2, 0) is 17.9 Å². The first-order valence-corrected chi connectivity index (χ1v) is 9.14. The molecule has 0 fully saturated rings. The fourth-order valence-corrected chi connectivity index (χ4v) is 3.20. The van der Waals surface area contributed by atoms with E-state index in [-0.39, 0.29) is 12.1 Å². The summed E-state index contributed by atoms with van der Waals surface area (Å²) in [5.74, 6) is 1.65. The molecule has 0 saturated heterocycles. The predicted octanol–water partition coefficient (Wildman–Crippen LogP) is 3.28. The molecular weight excluding hydrogens is 356 g/mol. The summed E-state index contributed by atoms with van der Waals surface area (Å²) in [7, 11) is 1.65. The number of urea groups is 1. The molecule has 2 amide bonds. The Labute approximate surface area is 163 Å². The topological polar surface area (TPSA) is 77.4 Å². The zero-order valence-electron chi connectivity index (χ0n) is 15.6. The van der Waals surface area contributed by atoms with E-state index in [4.69, 9.17) is 9.47 Å². The first-order chi connectivity index (χ1) is 13.7. The van der Waals surface area contributed by atoms with E-state index < -0.39 is 0 Å². The smallest absolute Gasteiger partial charge is 0.319 e. The minimum atomic E-state index is -0.249. The van der Waals surface area contributed by atoms with Crippen LogP contribution in [0.15, 0.2) is 60.8 Å². The normalized spacial score (nSPS) is 15.5. The Hall–Kier alpha value is -3.32. The quantitative estimate of drug-likeness (QED) is 0.714. The van der Waals surface area contributed by atoms with Gasteiger partial charge in [0.1, 0.15) is 18.2 Å². The van der Waals surface area contributed by atoms with Gasteiger partial charge in [0.05, 0.1) is 25.5 Å². The highest BCUT2D eigenvalue weighted by atomic mass is 16.5. The number of carbonyl (C=O) groups is 1. The summed E-state index contributed by atoms with van der Waals surface area (Å²) in [4.78, 5) is 16.7. The molecule has 1 aromatic heterocycles. The van der Waals surface area contributed by atoms with Crippen LogP contribution in [0.1, 0.15) is 5.82 Å². The van der Waals surface area contributed by atoms with Crippen LogP contribution in [0.2, 0.25) is 0 Å². The molecule has 0 aliphatic carbocycles. The Balaban J connectivity index is 1.37. The van der Waals surface area contributed by atoms with Gasteiger partial charge < -0.3 is 24.7 Å². The highest BCUT2D eigenvalue weighted by molar-refractivity contribution is 5.89. The van der Waals surface area contributed by atoms with Gasteiger partial charge in [0.15, 0.2) is 0 Å². The van der Waals surface area contributed by atoms with Gasteiger partial charge in [0.25, 0.3) is 0 Å². The number of methoxy groups -OCH3 is 1. The molecule has 144 valence electrons. The standard InChI is InChI=1S/C21H22N4O3/c1-27-19-10-6-5-9-17(19)18-13-25-12-16(28-14-20(25)24-18)11-22-21(26)23-15-7-3-2-4-8-15/h2-10,13,16H,11-12,14H2,1H3,(H2,22,23,26)/t16-/m0/s1. The van der Waals surface area contributed by atoms with Gasteiger partial charge in [-0.05, 0) is 24.3 Å². The van der Waals surface area contributed by atoms with Gasteiger partial charge in [-0.3, -0.25) is 0 Å². The van der Waals surface area contributed by atoms with Gasteiger partial charge >= 0.3 is 6.03 Å². The van der Waals surface area contributed by atoms with Crippen LogP contribution in [0.3, 0.4) is 0 Å². The number of carbonyl (C=O) groups excluding carboxylic acids is 1. The van der Waals surface area contributed by atoms with Crippen molar-refractivity contribution in [1.82, 2.24) is 14.9 Å². The van der Waals surface area contributed by atoms with Crippen molar-refractivity contribution in [3.63, 3.8) is 0 Å². The molecule has 2 aromatic carbocycles. The average Bonchev–Trinajstić information content (AvgIpc) is 3.16. The Morgan fingerprint density at radius 3 is 2.82 bits per heavy atom. The zero-order valence-corrected chi connectivity index (χ0v) is 15.6. The summed E-state index contributed by atoms with van der Waals surface area (Å²) in [6, 6.07) is 16.9. The number of imidazole rings is 1. The molecule has 4 rings (SSSR count). The van der Waals surface area contributed by atoms with E-state index >= 15 is 0 Å². The number of nitrogens with zero attached hydrogens (tertiary/aromatic N) is 2. The van der Waals surface area contributed by atoms with Gasteiger partial charge in [0.2, 0.25) is 0 Å². The van der Waals surface area contributed by atoms with Crippen molar-refractivity contribution in [2.75, 3.05) is 19.0 Å². The lowest BCUT2D eigenvalue weighted by molar-refractivity contribution is 0.00466. The lowest BCUT2D eigenvalue weighted by Gasteiger charge is -2.24. The molecule has 0 unspecified atom stereocenters. The van der Waals surface area contributed by atoms with Gasteiger partial charge in [-0.2, -0.15) is 0 Å². The maximum absolute atomic E-state index is 12.0. The van der Waals surface area contributed by atoms with E-state index in [2.05, 4.69) is 20.2 Å². The molecule has 1 atom stereocenters. The first-order valence-electron chi connectivity index (χ1n) is 9.14. The number of anilines is 1. The van der Waals surface area contributed by atoms with Crippen molar-refractivity contribution in [2.45, 2.75) is 19.3 Å². The van der Waals surface area contributed by atoms with Crippen molar-refractivity contribution in [3.05, 3.63) is 66.6 Å². The van der Waals surface area contributed by atoms with Crippen molar-refractivity contribution < 1.29 is 14.3 Å². The second-order valence-corrected chi connectivity index (χ2v) is 6.53. The number of aromatic nitrogens is 2. The van der Waals surface area contributed by atoms with Crippen LogP contribution < -0.4 is 15.4 Å². The number of amides is 2. The average molecular weight is 378 g/mol. The molecule has 0 bridgehead atoms. The van der Waals surface area contributed by atoms with E-state index in [0.717, 1.165) is 28.5 Å². The second-order valence-electron chi connectivity index (χ2n) is 6.53. The lowest BCUT2D eigenvalue weighted by atomic mass is 10.1. The van der Waals surface area contributed by atoms with Gasteiger partial charge in [-0.25, -0.2) is 9.78 Å². The maximum atomic E-state index is 12.0. The number of fused-ring (bicyclic) bond motifs is 1. The minimum Gasteiger partial charge on any atom is -0.496 e. The molecule has 0 spiro atoms. The lowest BCUT2D eigenvalue weighted by Crippen LogP contribution is -2.40. The number of para-hydroxylation sites is 2.